The summed E-state index contributed by atoms with van der Waals surface area (Å²) in [7, 11) is 0. The molecule has 0 unspecified atom stereocenters. The molecule has 0 saturated carbocycles. The molecule has 24 heavy (non-hydrogen) atoms. The smallest absolute Gasteiger partial charge is 0.262 e. The molecule has 0 spiro atoms. The van der Waals surface area contributed by atoms with E-state index >= 15 is 0 Å². The highest BCUT2D eigenvalue weighted by molar-refractivity contribution is 9.11. The van der Waals surface area contributed by atoms with E-state index in [1.165, 1.54) is 5.56 Å². The zero-order valence-corrected chi connectivity index (χ0v) is 17.4. The summed E-state index contributed by atoms with van der Waals surface area (Å²) in [5, 5.41) is 2.86. The first-order chi connectivity index (χ1) is 11.2. The lowest BCUT2D eigenvalue weighted by Gasteiger charge is -2.20. The van der Waals surface area contributed by atoms with Crippen LogP contribution in [0.3, 0.4) is 0 Å². The number of aryl methyl sites for hydroxylation is 1. The molecule has 128 valence electrons. The number of ether oxygens (including phenoxy) is 1. The first-order valence-corrected chi connectivity index (χ1v) is 9.24. The van der Waals surface area contributed by atoms with Crippen molar-refractivity contribution in [3.05, 3.63) is 56.5 Å². The van der Waals surface area contributed by atoms with Crippen molar-refractivity contribution < 1.29 is 9.53 Å². The Balaban J connectivity index is 2.00. The molecule has 0 fully saturated rings. The van der Waals surface area contributed by atoms with E-state index in [0.717, 1.165) is 20.2 Å². The fraction of sp³-hybridized carbons (Fsp3) is 0.316. The molecule has 0 bridgehead atoms. The van der Waals surface area contributed by atoms with Crippen molar-refractivity contribution in [1.82, 2.24) is 0 Å². The van der Waals surface area contributed by atoms with Crippen LogP contribution in [0.25, 0.3) is 0 Å². The Morgan fingerprint density at radius 2 is 1.79 bits per heavy atom. The quantitative estimate of drug-likeness (QED) is 0.630. The van der Waals surface area contributed by atoms with Crippen LogP contribution in [0.1, 0.15) is 31.9 Å². The lowest BCUT2D eigenvalue weighted by Crippen LogP contribution is -2.20. The second-order valence-corrected chi connectivity index (χ2v) is 8.42. The van der Waals surface area contributed by atoms with E-state index in [2.05, 4.69) is 57.9 Å². The maximum absolute atomic E-state index is 12.1. The summed E-state index contributed by atoms with van der Waals surface area (Å²) in [5.74, 6) is 0.449. The first kappa shape index (κ1) is 19.0. The van der Waals surface area contributed by atoms with Gasteiger partial charge in [-0.1, -0.05) is 32.9 Å². The molecule has 1 amide bonds. The predicted molar refractivity (Wildman–Crippen MR) is 106 cm³/mol. The van der Waals surface area contributed by atoms with Gasteiger partial charge in [0, 0.05) is 4.47 Å². The average molecular weight is 455 g/mol. The Kier molecular flexibility index (Phi) is 6.10. The zero-order chi connectivity index (χ0) is 17.9. The third-order valence-corrected chi connectivity index (χ3v) is 4.83. The topological polar surface area (TPSA) is 38.3 Å². The molecule has 2 aromatic rings. The molecular weight excluding hydrogens is 434 g/mol. The molecule has 2 aromatic carbocycles. The van der Waals surface area contributed by atoms with Crippen LogP contribution in [-0.2, 0) is 10.2 Å². The van der Waals surface area contributed by atoms with Crippen molar-refractivity contribution in [2.45, 2.75) is 33.1 Å². The van der Waals surface area contributed by atoms with Crippen molar-refractivity contribution in [3.63, 3.8) is 0 Å². The van der Waals surface area contributed by atoms with Crippen LogP contribution in [0.15, 0.2) is 45.3 Å². The first-order valence-electron chi connectivity index (χ1n) is 7.65. The van der Waals surface area contributed by atoms with Crippen LogP contribution in [0.4, 0.5) is 5.69 Å². The van der Waals surface area contributed by atoms with E-state index in [1.807, 2.05) is 43.3 Å². The van der Waals surface area contributed by atoms with Gasteiger partial charge in [-0.2, -0.15) is 0 Å². The number of hydrogen-bond acceptors (Lipinski definition) is 2. The Morgan fingerprint density at radius 1 is 1.08 bits per heavy atom. The molecule has 1 N–H and O–H groups in total. The van der Waals surface area contributed by atoms with Gasteiger partial charge in [-0.15, -0.1) is 0 Å². The summed E-state index contributed by atoms with van der Waals surface area (Å²) in [5.41, 5.74) is 3.12. The monoisotopic (exact) mass is 453 g/mol. The number of benzene rings is 2. The second-order valence-electron chi connectivity index (χ2n) is 6.72. The SMILES string of the molecule is Cc1ccc(OCC(=O)Nc2ccc(C(C)(C)C)cc2Br)c(Br)c1. The Morgan fingerprint density at radius 3 is 2.38 bits per heavy atom. The number of carbonyl (C=O) groups excluding carboxylic acids is 1. The second kappa shape index (κ2) is 7.70. The lowest BCUT2D eigenvalue weighted by atomic mass is 9.87. The van der Waals surface area contributed by atoms with Gasteiger partial charge in [-0.25, -0.2) is 0 Å². The zero-order valence-electron chi connectivity index (χ0n) is 14.2. The minimum atomic E-state index is -0.202. The van der Waals surface area contributed by atoms with Crippen LogP contribution in [0, 0.1) is 6.92 Å². The van der Waals surface area contributed by atoms with Crippen molar-refractivity contribution in [2.75, 3.05) is 11.9 Å². The fourth-order valence-corrected chi connectivity index (χ4v) is 3.22. The van der Waals surface area contributed by atoms with E-state index in [1.54, 1.807) is 0 Å². The highest BCUT2D eigenvalue weighted by Gasteiger charge is 2.15. The lowest BCUT2D eigenvalue weighted by molar-refractivity contribution is -0.118. The molecule has 0 aromatic heterocycles. The highest BCUT2D eigenvalue weighted by Crippen LogP contribution is 2.30. The minimum absolute atomic E-state index is 0.0465. The van der Waals surface area contributed by atoms with Gasteiger partial charge in [0.2, 0.25) is 0 Å². The van der Waals surface area contributed by atoms with E-state index in [9.17, 15) is 4.79 Å². The standard InChI is InChI=1S/C19H21Br2NO2/c1-12-5-8-17(15(21)9-12)24-11-18(23)22-16-7-6-13(10-14(16)20)19(2,3)4/h5-10H,11H2,1-4H3,(H,22,23). The summed E-state index contributed by atoms with van der Waals surface area (Å²) in [6.45, 7) is 8.41. The molecule has 0 saturated heterocycles. The third-order valence-electron chi connectivity index (χ3n) is 3.56. The average Bonchev–Trinajstić information content (AvgIpc) is 2.47. The number of nitrogens with one attached hydrogen (secondary N) is 1. The normalized spacial score (nSPS) is 11.2. The molecule has 5 heteroatoms. The Hall–Kier alpha value is -1.33. The fourth-order valence-electron chi connectivity index (χ4n) is 2.14. The molecule has 3 nitrogen and oxygen atoms in total. The molecular formula is C19H21Br2NO2. The van der Waals surface area contributed by atoms with Gasteiger partial charge in [0.25, 0.3) is 5.91 Å². The van der Waals surface area contributed by atoms with Gasteiger partial charge >= 0.3 is 0 Å². The van der Waals surface area contributed by atoms with Crippen molar-refractivity contribution in [2.24, 2.45) is 0 Å². The molecule has 0 heterocycles. The van der Waals surface area contributed by atoms with Crippen LogP contribution < -0.4 is 10.1 Å². The molecule has 0 radical (unpaired) electrons. The van der Waals surface area contributed by atoms with Crippen LogP contribution in [0.5, 0.6) is 5.75 Å². The van der Waals surface area contributed by atoms with Crippen LogP contribution in [0.2, 0.25) is 0 Å². The number of amides is 1. The number of hydrogen-bond donors (Lipinski definition) is 1. The van der Waals surface area contributed by atoms with Gasteiger partial charge in [0.15, 0.2) is 6.61 Å². The van der Waals surface area contributed by atoms with Gasteiger partial charge in [-0.3, -0.25) is 4.79 Å². The number of rotatable bonds is 4. The number of carbonyl (C=O) groups is 1. The van der Waals surface area contributed by atoms with Gasteiger partial charge in [0.1, 0.15) is 5.75 Å². The maximum atomic E-state index is 12.1. The largest absolute Gasteiger partial charge is 0.483 e. The van der Waals surface area contributed by atoms with Gasteiger partial charge < -0.3 is 10.1 Å². The minimum Gasteiger partial charge on any atom is -0.483 e. The van der Waals surface area contributed by atoms with Gasteiger partial charge in [0.05, 0.1) is 10.2 Å². The van der Waals surface area contributed by atoms with Gasteiger partial charge in [-0.05, 0) is 79.6 Å². The summed E-state index contributed by atoms with van der Waals surface area (Å²) in [6.07, 6.45) is 0. The molecule has 0 aliphatic carbocycles. The summed E-state index contributed by atoms with van der Waals surface area (Å²) in [6, 6.07) is 11.7. The molecule has 0 aliphatic rings. The van der Waals surface area contributed by atoms with Crippen molar-refractivity contribution in [1.29, 1.82) is 0 Å². The van der Waals surface area contributed by atoms with E-state index in [4.69, 9.17) is 4.74 Å². The third kappa shape index (κ3) is 5.08. The van der Waals surface area contributed by atoms with E-state index in [0.29, 0.717) is 5.75 Å². The number of anilines is 1. The summed E-state index contributed by atoms with van der Waals surface area (Å²) < 4.78 is 7.27. The summed E-state index contributed by atoms with van der Waals surface area (Å²) >= 11 is 6.96. The Bertz CT molecular complexity index is 752. The van der Waals surface area contributed by atoms with E-state index in [-0.39, 0.29) is 17.9 Å². The number of halogens is 2. The maximum Gasteiger partial charge on any atom is 0.262 e. The Labute approximate surface area is 160 Å². The van der Waals surface area contributed by atoms with Crippen molar-refractivity contribution in [3.8, 4) is 5.75 Å². The van der Waals surface area contributed by atoms with Crippen LogP contribution >= 0.6 is 31.9 Å². The van der Waals surface area contributed by atoms with Crippen molar-refractivity contribution >= 4 is 43.5 Å². The van der Waals surface area contributed by atoms with Crippen LogP contribution in [-0.4, -0.2) is 12.5 Å². The van der Waals surface area contributed by atoms with E-state index < -0.39 is 0 Å². The molecule has 0 aliphatic heterocycles. The summed E-state index contributed by atoms with van der Waals surface area (Å²) in [4.78, 5) is 12.1. The predicted octanol–water partition coefficient (Wildman–Crippen LogP) is 5.84. The molecule has 0 atom stereocenters. The highest BCUT2D eigenvalue weighted by atomic mass is 79.9. The molecule has 2 rings (SSSR count).